The molecule has 36 valence electrons. The van der Waals surface area contributed by atoms with E-state index in [1.165, 1.54) is 0 Å². The quantitative estimate of drug-likeness (QED) is 0.542. The van der Waals surface area contributed by atoms with Crippen LogP contribution in [0.1, 0.15) is 0 Å². The fraction of sp³-hybridized carbons (Fsp3) is 0. The minimum atomic E-state index is 0. The second-order valence-corrected chi connectivity index (χ2v) is 0. The molecule has 0 amide bonds. The zero-order chi connectivity index (χ0) is 2.00. The molecule has 0 saturated heterocycles. The number of hydrogen-bond donors (Lipinski definition) is 0. The molecule has 0 spiro atoms. The van der Waals surface area contributed by atoms with Crippen LogP contribution >= 0.6 is 0 Å². The van der Waals surface area contributed by atoms with Gasteiger partial charge < -0.3 is 11.0 Å². The van der Waals surface area contributed by atoms with Gasteiger partial charge in [0.2, 0.25) is 0 Å². The maximum atomic E-state index is 8.30. The van der Waals surface area contributed by atoms with E-state index in [4.69, 9.17) is 3.02 Å². The van der Waals surface area contributed by atoms with Crippen molar-refractivity contribution >= 4 is 23.0 Å². The minimum absolute atomic E-state index is 0. The Kier molecular flexibility index (Phi) is 398. The molecule has 2 radical (unpaired) electrons. The summed E-state index contributed by atoms with van der Waals surface area (Å²) < 4.78 is 8.30. The van der Waals surface area contributed by atoms with Crippen molar-refractivity contribution in [3.8, 4) is 0 Å². The summed E-state index contributed by atoms with van der Waals surface area (Å²) in [4.78, 5) is 0. The molecule has 5 heavy (non-hydrogen) atoms. The van der Waals surface area contributed by atoms with Crippen molar-refractivity contribution in [2.24, 2.45) is 0 Å². The SMILES string of the molecule is [Ag+].[OH-].[OH-].[O]=[Sb+]. The molecule has 0 aromatic rings. The van der Waals surface area contributed by atoms with E-state index in [0.717, 1.165) is 0 Å². The van der Waals surface area contributed by atoms with Crippen LogP contribution in [-0.2, 0) is 25.4 Å². The van der Waals surface area contributed by atoms with Crippen LogP contribution in [0.15, 0.2) is 0 Å². The number of hydrogen-bond acceptors (Lipinski definition) is 3. The predicted molar refractivity (Wildman–Crippen MR) is 10.3 cm³/mol. The standard InChI is InChI=1S/Ag.2H2O.O.Sb/h;2*1H2;;/q+1;;;;+1/p-2. The fourth-order valence-electron chi connectivity index (χ4n) is 0. The van der Waals surface area contributed by atoms with Gasteiger partial charge in [-0.15, -0.1) is 0 Å². The first-order valence-electron chi connectivity index (χ1n) is 0.183. The summed E-state index contributed by atoms with van der Waals surface area (Å²) in [7, 11) is 0. The summed E-state index contributed by atoms with van der Waals surface area (Å²) >= 11 is 0.500. The Hall–Kier alpha value is 1.28. The van der Waals surface area contributed by atoms with E-state index in [1.54, 1.807) is 0 Å². The van der Waals surface area contributed by atoms with E-state index >= 15 is 0 Å². The van der Waals surface area contributed by atoms with Crippen LogP contribution < -0.4 is 0 Å². The van der Waals surface area contributed by atoms with Crippen LogP contribution in [0.5, 0.6) is 0 Å². The summed E-state index contributed by atoms with van der Waals surface area (Å²) in [6.07, 6.45) is 0. The van der Waals surface area contributed by atoms with Crippen LogP contribution in [0, 0.1) is 0 Å². The molecule has 0 unspecified atom stereocenters. The normalized spacial score (nSPS) is 0.800. The third-order valence-electron chi connectivity index (χ3n) is 0. The second-order valence-electron chi connectivity index (χ2n) is 0. The third-order valence-corrected chi connectivity index (χ3v) is 0. The number of rotatable bonds is 0. The summed E-state index contributed by atoms with van der Waals surface area (Å²) in [5.41, 5.74) is 0. The average molecular weight is 280 g/mol. The van der Waals surface area contributed by atoms with E-state index in [0.29, 0.717) is 23.0 Å². The first-order chi connectivity index (χ1) is 1.00. The summed E-state index contributed by atoms with van der Waals surface area (Å²) in [5.74, 6) is 0. The van der Waals surface area contributed by atoms with Gasteiger partial charge in [0.15, 0.2) is 0 Å². The van der Waals surface area contributed by atoms with Gasteiger partial charge in [0.05, 0.1) is 0 Å². The molecule has 2 N–H and O–H groups in total. The Morgan fingerprint density at radius 1 is 1.00 bits per heavy atom. The molecule has 0 atom stereocenters. The van der Waals surface area contributed by atoms with Gasteiger partial charge in [-0.2, -0.15) is 0 Å². The van der Waals surface area contributed by atoms with E-state index in [9.17, 15) is 0 Å². The first-order valence-corrected chi connectivity index (χ1v) is 1.22. The van der Waals surface area contributed by atoms with Gasteiger partial charge in [0.25, 0.3) is 0 Å². The van der Waals surface area contributed by atoms with Crippen molar-refractivity contribution in [1.29, 1.82) is 0 Å². The first kappa shape index (κ1) is 33.7. The van der Waals surface area contributed by atoms with Gasteiger partial charge in [0, 0.05) is 0 Å². The zero-order valence-corrected chi connectivity index (χ0v) is 6.09. The summed E-state index contributed by atoms with van der Waals surface area (Å²) in [6.45, 7) is 0. The monoisotopic (exact) mass is 278 g/mol. The van der Waals surface area contributed by atoms with Crippen LogP contribution in [0.2, 0.25) is 0 Å². The van der Waals surface area contributed by atoms with Crippen molar-refractivity contribution < 1.29 is 36.4 Å². The molecule has 5 heteroatoms. The average Bonchev–Trinajstić information content (AvgIpc) is 1.00. The zero-order valence-electron chi connectivity index (χ0n) is 2.05. The van der Waals surface area contributed by atoms with Gasteiger partial charge in [0.1, 0.15) is 0 Å². The van der Waals surface area contributed by atoms with Gasteiger partial charge in [-0.3, -0.25) is 0 Å². The molecule has 0 aromatic carbocycles. The Bertz CT molecular complexity index is 6.85. The van der Waals surface area contributed by atoms with Crippen LogP contribution in [0.25, 0.3) is 0 Å². The maximum absolute atomic E-state index is 8.30. The summed E-state index contributed by atoms with van der Waals surface area (Å²) in [6, 6.07) is 0. The third kappa shape index (κ3) is 34.7. The van der Waals surface area contributed by atoms with Crippen molar-refractivity contribution in [2.75, 3.05) is 0 Å². The van der Waals surface area contributed by atoms with Crippen LogP contribution in [-0.4, -0.2) is 34.0 Å². The van der Waals surface area contributed by atoms with Crippen molar-refractivity contribution in [2.45, 2.75) is 0 Å². The molecule has 3 nitrogen and oxygen atoms in total. The van der Waals surface area contributed by atoms with Gasteiger partial charge in [-0.05, 0) is 0 Å². The molecule has 0 aromatic heterocycles. The molecule has 0 rings (SSSR count). The second kappa shape index (κ2) is 59.1. The van der Waals surface area contributed by atoms with E-state index in [2.05, 4.69) is 0 Å². The Morgan fingerprint density at radius 2 is 1.00 bits per heavy atom. The predicted octanol–water partition coefficient (Wildman–Crippen LogP) is -0.856. The molecule has 0 aliphatic heterocycles. The molecular weight excluding hydrogens is 278 g/mol. The molecular formula is H2AgO3Sb. The molecule has 0 saturated carbocycles. The van der Waals surface area contributed by atoms with Gasteiger partial charge in [-0.25, -0.2) is 0 Å². The van der Waals surface area contributed by atoms with Crippen molar-refractivity contribution in [3.05, 3.63) is 0 Å². The van der Waals surface area contributed by atoms with Crippen molar-refractivity contribution in [3.63, 3.8) is 0 Å². The Labute approximate surface area is 59.1 Å². The Balaban J connectivity index is -0.00000000167. The van der Waals surface area contributed by atoms with Crippen LogP contribution in [0.3, 0.4) is 0 Å². The van der Waals surface area contributed by atoms with E-state index < -0.39 is 0 Å². The fourth-order valence-corrected chi connectivity index (χ4v) is 0. The van der Waals surface area contributed by atoms with E-state index in [1.807, 2.05) is 0 Å². The van der Waals surface area contributed by atoms with Crippen molar-refractivity contribution in [1.82, 2.24) is 0 Å². The van der Waals surface area contributed by atoms with E-state index in [-0.39, 0.29) is 33.3 Å². The molecule has 0 aliphatic rings. The van der Waals surface area contributed by atoms with Gasteiger partial charge in [-0.1, -0.05) is 0 Å². The molecule has 0 aliphatic carbocycles. The van der Waals surface area contributed by atoms with Gasteiger partial charge >= 0.3 is 48.4 Å². The summed E-state index contributed by atoms with van der Waals surface area (Å²) in [5, 5.41) is 0. The Morgan fingerprint density at radius 3 is 1.00 bits per heavy atom. The van der Waals surface area contributed by atoms with Crippen LogP contribution in [0.4, 0.5) is 0 Å². The topological polar surface area (TPSA) is 77.1 Å². The molecule has 0 heterocycles. The molecule has 0 fully saturated rings. The molecule has 0 bridgehead atoms.